The van der Waals surface area contributed by atoms with Crippen molar-refractivity contribution in [2.24, 2.45) is 5.73 Å². The molecule has 9 nitrogen and oxygen atoms in total. The number of hydrogen-bond acceptors (Lipinski definition) is 8. The van der Waals surface area contributed by atoms with Crippen LogP contribution in [0.5, 0.6) is 5.75 Å². The van der Waals surface area contributed by atoms with Gasteiger partial charge in [0.25, 0.3) is 5.89 Å². The van der Waals surface area contributed by atoms with Gasteiger partial charge in [-0.2, -0.15) is 4.98 Å². The first-order chi connectivity index (χ1) is 16.1. The molecular formula is C25H32N4O5. The molecule has 2 aromatic heterocycles. The second-order valence-corrected chi connectivity index (χ2v) is 8.75. The number of hydrogen-bond donors (Lipinski definition) is 3. The number of amides is 1. The molecule has 2 heterocycles. The van der Waals surface area contributed by atoms with E-state index in [1.54, 1.807) is 0 Å². The molecule has 1 aromatic carbocycles. The standard InChI is InChI=1S/C25H32N4O5/c1-6-16-9-17(7-14(4)22(16)33-12-19(30)11-21(31)23(26)32)24-28-25(34-29-24)18-8-15(5)27-20(10-18)13(2)3/h7-10,13,19,21,30-31H,6,11-12H2,1-5H3,(H2,26,32)/t19-,21?/m0/s1. The Bertz CT molecular complexity index is 1160. The van der Waals surface area contributed by atoms with Gasteiger partial charge in [-0.3, -0.25) is 9.78 Å². The van der Waals surface area contributed by atoms with Crippen LogP contribution in [0, 0.1) is 13.8 Å². The Kier molecular flexibility index (Phi) is 8.01. The van der Waals surface area contributed by atoms with Crippen LogP contribution in [0.3, 0.4) is 0 Å². The fourth-order valence-corrected chi connectivity index (χ4v) is 3.64. The molecule has 1 unspecified atom stereocenters. The number of aryl methyl sites for hydroxylation is 3. The van der Waals surface area contributed by atoms with Crippen LogP contribution >= 0.6 is 0 Å². The quantitative estimate of drug-likeness (QED) is 0.412. The molecule has 182 valence electrons. The summed E-state index contributed by atoms with van der Waals surface area (Å²) in [5.74, 6) is 0.921. The number of aliphatic hydroxyl groups excluding tert-OH is 2. The van der Waals surface area contributed by atoms with Crippen LogP contribution in [0.15, 0.2) is 28.8 Å². The number of aliphatic hydroxyl groups is 2. The average Bonchev–Trinajstić information content (AvgIpc) is 3.27. The van der Waals surface area contributed by atoms with E-state index in [2.05, 4.69) is 29.0 Å². The summed E-state index contributed by atoms with van der Waals surface area (Å²) in [7, 11) is 0. The summed E-state index contributed by atoms with van der Waals surface area (Å²) in [6.07, 6.45) is -1.96. The van der Waals surface area contributed by atoms with Gasteiger partial charge >= 0.3 is 0 Å². The van der Waals surface area contributed by atoms with Gasteiger partial charge < -0.3 is 25.2 Å². The number of rotatable bonds is 10. The monoisotopic (exact) mass is 468 g/mol. The molecule has 2 atom stereocenters. The summed E-state index contributed by atoms with van der Waals surface area (Å²) in [6, 6.07) is 7.71. The number of nitrogens with two attached hydrogens (primary N) is 1. The van der Waals surface area contributed by atoms with Crippen molar-refractivity contribution in [2.45, 2.75) is 65.6 Å². The van der Waals surface area contributed by atoms with Crippen LogP contribution in [-0.2, 0) is 11.2 Å². The molecule has 0 bridgehead atoms. The van der Waals surface area contributed by atoms with E-state index in [0.717, 1.165) is 33.6 Å². The van der Waals surface area contributed by atoms with E-state index in [0.29, 0.717) is 23.9 Å². The third-order valence-corrected chi connectivity index (χ3v) is 5.47. The fraction of sp³-hybridized carbons (Fsp3) is 0.440. The van der Waals surface area contributed by atoms with Crippen LogP contribution in [0.25, 0.3) is 22.8 Å². The van der Waals surface area contributed by atoms with Gasteiger partial charge in [0, 0.05) is 28.9 Å². The third kappa shape index (κ3) is 5.98. The van der Waals surface area contributed by atoms with Gasteiger partial charge in [0.15, 0.2) is 0 Å². The molecule has 3 aromatic rings. The zero-order valence-electron chi connectivity index (χ0n) is 20.2. The summed E-state index contributed by atoms with van der Waals surface area (Å²) in [5, 5.41) is 23.8. The number of ether oxygens (including phenoxy) is 1. The Morgan fingerprint density at radius 2 is 1.85 bits per heavy atom. The highest BCUT2D eigenvalue weighted by Gasteiger charge is 2.20. The molecule has 34 heavy (non-hydrogen) atoms. The van der Waals surface area contributed by atoms with Crippen LogP contribution in [0.2, 0.25) is 0 Å². The summed E-state index contributed by atoms with van der Waals surface area (Å²) in [5.41, 5.74) is 10.2. The average molecular weight is 469 g/mol. The van der Waals surface area contributed by atoms with E-state index in [-0.39, 0.29) is 18.9 Å². The topological polar surface area (TPSA) is 145 Å². The van der Waals surface area contributed by atoms with Crippen molar-refractivity contribution in [1.82, 2.24) is 15.1 Å². The molecule has 0 saturated carbocycles. The van der Waals surface area contributed by atoms with E-state index in [9.17, 15) is 15.0 Å². The summed E-state index contributed by atoms with van der Waals surface area (Å²) < 4.78 is 11.4. The third-order valence-electron chi connectivity index (χ3n) is 5.47. The summed E-state index contributed by atoms with van der Waals surface area (Å²) >= 11 is 0. The maximum absolute atomic E-state index is 11.0. The number of primary amides is 1. The van der Waals surface area contributed by atoms with Gasteiger partial charge in [-0.25, -0.2) is 0 Å². The number of aromatic nitrogens is 3. The molecule has 0 radical (unpaired) electrons. The lowest BCUT2D eigenvalue weighted by molar-refractivity contribution is -0.127. The van der Waals surface area contributed by atoms with Crippen molar-refractivity contribution < 1.29 is 24.3 Å². The summed E-state index contributed by atoms with van der Waals surface area (Å²) in [6.45, 7) is 9.92. The minimum absolute atomic E-state index is 0.0799. The number of benzene rings is 1. The van der Waals surface area contributed by atoms with Crippen LogP contribution in [0.4, 0.5) is 0 Å². The van der Waals surface area contributed by atoms with E-state index in [4.69, 9.17) is 15.0 Å². The highest BCUT2D eigenvalue weighted by Crippen LogP contribution is 2.32. The Morgan fingerprint density at radius 1 is 1.12 bits per heavy atom. The second kappa shape index (κ2) is 10.8. The first kappa shape index (κ1) is 25.3. The first-order valence-electron chi connectivity index (χ1n) is 11.3. The molecule has 0 aliphatic carbocycles. The van der Waals surface area contributed by atoms with Crippen molar-refractivity contribution >= 4 is 5.91 Å². The molecule has 0 aliphatic rings. The molecular weight excluding hydrogens is 436 g/mol. The minimum Gasteiger partial charge on any atom is -0.490 e. The minimum atomic E-state index is -1.42. The number of carbonyl (C=O) groups excluding carboxylic acids is 1. The van der Waals surface area contributed by atoms with Gasteiger partial charge in [0.05, 0.1) is 6.10 Å². The van der Waals surface area contributed by atoms with Crippen LogP contribution < -0.4 is 10.5 Å². The second-order valence-electron chi connectivity index (χ2n) is 8.75. The number of carbonyl (C=O) groups is 1. The van der Waals surface area contributed by atoms with Gasteiger partial charge in [-0.1, -0.05) is 25.9 Å². The van der Waals surface area contributed by atoms with E-state index >= 15 is 0 Å². The van der Waals surface area contributed by atoms with Gasteiger partial charge in [0.1, 0.15) is 18.5 Å². The molecule has 0 saturated heterocycles. The maximum atomic E-state index is 11.0. The van der Waals surface area contributed by atoms with Gasteiger partial charge in [-0.15, -0.1) is 0 Å². The lowest BCUT2D eigenvalue weighted by Gasteiger charge is -2.18. The SMILES string of the molecule is CCc1cc(-c2noc(-c3cc(C)nc(C(C)C)c3)n2)cc(C)c1OC[C@@H](O)CC(O)C(N)=O. The van der Waals surface area contributed by atoms with Crippen molar-refractivity contribution in [3.05, 3.63) is 46.8 Å². The number of pyridine rings is 1. The predicted molar refractivity (Wildman–Crippen MR) is 127 cm³/mol. The van der Waals surface area contributed by atoms with Crippen molar-refractivity contribution in [1.29, 1.82) is 0 Å². The zero-order valence-corrected chi connectivity index (χ0v) is 20.2. The van der Waals surface area contributed by atoms with Crippen molar-refractivity contribution in [3.8, 4) is 28.6 Å². The molecule has 0 spiro atoms. The summed E-state index contributed by atoms with van der Waals surface area (Å²) in [4.78, 5) is 20.2. The van der Waals surface area contributed by atoms with Crippen molar-refractivity contribution in [2.75, 3.05) is 6.61 Å². The van der Waals surface area contributed by atoms with Crippen LogP contribution in [0.1, 0.15) is 55.6 Å². The molecule has 4 N–H and O–H groups in total. The smallest absolute Gasteiger partial charge is 0.258 e. The highest BCUT2D eigenvalue weighted by molar-refractivity contribution is 5.78. The lowest BCUT2D eigenvalue weighted by Crippen LogP contribution is -2.33. The molecule has 3 rings (SSSR count). The van der Waals surface area contributed by atoms with Crippen LogP contribution in [-0.4, -0.2) is 50.1 Å². The van der Waals surface area contributed by atoms with Gasteiger partial charge in [-0.05, 0) is 61.6 Å². The normalized spacial score (nSPS) is 13.2. The Hall–Kier alpha value is -3.30. The number of nitrogens with zero attached hydrogens (tertiary/aromatic N) is 3. The molecule has 0 fully saturated rings. The van der Waals surface area contributed by atoms with Crippen molar-refractivity contribution in [3.63, 3.8) is 0 Å². The highest BCUT2D eigenvalue weighted by atomic mass is 16.5. The molecule has 1 amide bonds. The van der Waals surface area contributed by atoms with Gasteiger partial charge in [0.2, 0.25) is 11.7 Å². The van der Waals surface area contributed by atoms with E-state index in [1.165, 1.54) is 0 Å². The largest absolute Gasteiger partial charge is 0.490 e. The fourth-order valence-electron chi connectivity index (χ4n) is 3.64. The molecule has 9 heteroatoms. The molecule has 0 aliphatic heterocycles. The Morgan fingerprint density at radius 3 is 2.50 bits per heavy atom. The lowest BCUT2D eigenvalue weighted by atomic mass is 10.0. The maximum Gasteiger partial charge on any atom is 0.258 e. The van der Waals surface area contributed by atoms with E-state index in [1.807, 2.05) is 45.0 Å². The Labute approximate surface area is 199 Å². The Balaban J connectivity index is 1.83. The predicted octanol–water partition coefficient (Wildman–Crippen LogP) is 3.08. The zero-order chi connectivity index (χ0) is 25.0. The first-order valence-corrected chi connectivity index (χ1v) is 11.3. The van der Waals surface area contributed by atoms with E-state index < -0.39 is 18.1 Å².